The molecule has 3 unspecified atom stereocenters. The molecule has 1 aliphatic rings. The maximum atomic E-state index is 10.5. The third kappa shape index (κ3) is 2.39. The Hall–Kier alpha value is -1.04. The number of nitrogens with zero attached hydrogens (tertiary/aromatic N) is 1. The van der Waals surface area contributed by atoms with Gasteiger partial charge in [0.2, 0.25) is 0 Å². The van der Waals surface area contributed by atoms with E-state index in [1.54, 1.807) is 12.1 Å². The Morgan fingerprint density at radius 3 is 2.67 bits per heavy atom. The van der Waals surface area contributed by atoms with Gasteiger partial charge in [-0.25, -0.2) is 0 Å². The van der Waals surface area contributed by atoms with Crippen molar-refractivity contribution in [2.45, 2.75) is 38.7 Å². The molecule has 1 fully saturated rings. The monoisotopic (exact) mass is 263 g/mol. The largest absolute Gasteiger partial charge is 0.387 e. The Morgan fingerprint density at radius 1 is 1.50 bits per heavy atom. The molecule has 18 heavy (non-hydrogen) atoms. The highest BCUT2D eigenvalue weighted by molar-refractivity contribution is 6.30. The second kappa shape index (κ2) is 5.30. The summed E-state index contributed by atoms with van der Waals surface area (Å²) < 4.78 is 0. The SMILES string of the molecule is CCC1CCC(C#N)(C(O)c2ccc(Cl)cc2)C1. The predicted molar refractivity (Wildman–Crippen MR) is 72.1 cm³/mol. The molecule has 1 N–H and O–H groups in total. The Kier molecular flexibility index (Phi) is 3.94. The zero-order valence-corrected chi connectivity index (χ0v) is 11.3. The van der Waals surface area contributed by atoms with Crippen LogP contribution in [0.15, 0.2) is 24.3 Å². The van der Waals surface area contributed by atoms with Crippen molar-refractivity contribution in [2.75, 3.05) is 0 Å². The molecule has 1 aliphatic carbocycles. The third-order valence-electron chi connectivity index (χ3n) is 4.16. The number of aliphatic hydroxyl groups is 1. The Morgan fingerprint density at radius 2 is 2.17 bits per heavy atom. The first-order chi connectivity index (χ1) is 8.61. The Balaban J connectivity index is 2.24. The normalized spacial score (nSPS) is 28.9. The minimum absolute atomic E-state index is 0.562. The van der Waals surface area contributed by atoms with Crippen molar-refractivity contribution in [1.29, 1.82) is 5.26 Å². The average Bonchev–Trinajstić information content (AvgIpc) is 2.84. The third-order valence-corrected chi connectivity index (χ3v) is 4.41. The molecule has 0 heterocycles. The summed E-state index contributed by atoms with van der Waals surface area (Å²) in [5.74, 6) is 0.562. The van der Waals surface area contributed by atoms with Crippen LogP contribution in [0, 0.1) is 22.7 Å². The van der Waals surface area contributed by atoms with Crippen LogP contribution in [0.1, 0.15) is 44.3 Å². The highest BCUT2D eigenvalue weighted by atomic mass is 35.5. The van der Waals surface area contributed by atoms with Crippen molar-refractivity contribution in [3.05, 3.63) is 34.9 Å². The summed E-state index contributed by atoms with van der Waals surface area (Å²) in [5.41, 5.74) is 0.173. The van der Waals surface area contributed by atoms with E-state index in [2.05, 4.69) is 13.0 Å². The van der Waals surface area contributed by atoms with E-state index in [4.69, 9.17) is 11.6 Å². The fourth-order valence-electron chi connectivity index (χ4n) is 2.90. The van der Waals surface area contributed by atoms with Crippen LogP contribution in [0.3, 0.4) is 0 Å². The maximum absolute atomic E-state index is 10.5. The van der Waals surface area contributed by atoms with E-state index >= 15 is 0 Å². The summed E-state index contributed by atoms with van der Waals surface area (Å²) >= 11 is 5.84. The summed E-state index contributed by atoms with van der Waals surface area (Å²) in [6.07, 6.45) is 2.98. The van der Waals surface area contributed by atoms with Gasteiger partial charge in [-0.1, -0.05) is 37.1 Å². The zero-order valence-electron chi connectivity index (χ0n) is 10.6. The zero-order chi connectivity index (χ0) is 13.2. The molecule has 0 amide bonds. The Labute approximate surface area is 113 Å². The molecule has 3 heteroatoms. The molecule has 96 valence electrons. The van der Waals surface area contributed by atoms with E-state index in [0.717, 1.165) is 31.2 Å². The number of aliphatic hydroxyl groups excluding tert-OH is 1. The first kappa shape index (κ1) is 13.4. The highest BCUT2D eigenvalue weighted by Gasteiger charge is 2.45. The first-order valence-corrected chi connectivity index (χ1v) is 6.84. The number of rotatable bonds is 3. The number of halogens is 1. The molecule has 1 aromatic rings. The second-order valence-corrected chi connectivity index (χ2v) is 5.68. The van der Waals surface area contributed by atoms with Gasteiger partial charge in [-0.2, -0.15) is 5.26 Å². The standard InChI is InChI=1S/C15H18ClNO/c1-2-11-7-8-15(9-11,10-17)14(18)12-3-5-13(16)6-4-12/h3-6,11,14,18H,2,7-9H2,1H3. The average molecular weight is 264 g/mol. The topological polar surface area (TPSA) is 44.0 Å². The lowest BCUT2D eigenvalue weighted by Gasteiger charge is -2.27. The molecule has 2 nitrogen and oxygen atoms in total. The number of hydrogen-bond acceptors (Lipinski definition) is 2. The van der Waals surface area contributed by atoms with E-state index in [1.165, 1.54) is 0 Å². The summed E-state index contributed by atoms with van der Waals surface area (Å²) in [4.78, 5) is 0. The molecule has 3 atom stereocenters. The van der Waals surface area contributed by atoms with Crippen LogP contribution in [0.25, 0.3) is 0 Å². The molecule has 2 rings (SSSR count). The summed E-state index contributed by atoms with van der Waals surface area (Å²) in [5, 5.41) is 20.6. The molecular weight excluding hydrogens is 246 g/mol. The highest BCUT2D eigenvalue weighted by Crippen LogP contribution is 2.50. The van der Waals surface area contributed by atoms with E-state index in [1.807, 2.05) is 12.1 Å². The van der Waals surface area contributed by atoms with Crippen LogP contribution in [0.5, 0.6) is 0 Å². The lowest BCUT2D eigenvalue weighted by Crippen LogP contribution is -2.24. The fraction of sp³-hybridized carbons (Fsp3) is 0.533. The Bertz CT molecular complexity index is 451. The van der Waals surface area contributed by atoms with Gasteiger partial charge in [-0.3, -0.25) is 0 Å². The molecule has 0 saturated heterocycles. The van der Waals surface area contributed by atoms with Gasteiger partial charge in [-0.15, -0.1) is 0 Å². The summed E-state index contributed by atoms with van der Waals surface area (Å²) in [6, 6.07) is 9.52. The van der Waals surface area contributed by atoms with Crippen molar-refractivity contribution < 1.29 is 5.11 Å². The van der Waals surface area contributed by atoms with E-state index in [0.29, 0.717) is 10.9 Å². The van der Waals surface area contributed by atoms with Gasteiger partial charge in [0, 0.05) is 5.02 Å². The molecular formula is C15H18ClNO. The van der Waals surface area contributed by atoms with Crippen LogP contribution in [-0.2, 0) is 0 Å². The van der Waals surface area contributed by atoms with Crippen molar-refractivity contribution in [1.82, 2.24) is 0 Å². The van der Waals surface area contributed by atoms with Crippen LogP contribution in [0.4, 0.5) is 0 Å². The minimum atomic E-state index is -0.712. The summed E-state index contributed by atoms with van der Waals surface area (Å²) in [6.45, 7) is 2.15. The van der Waals surface area contributed by atoms with Gasteiger partial charge in [0.15, 0.2) is 0 Å². The van der Waals surface area contributed by atoms with E-state index in [-0.39, 0.29) is 0 Å². The molecule has 0 aliphatic heterocycles. The fourth-order valence-corrected chi connectivity index (χ4v) is 3.03. The smallest absolute Gasteiger partial charge is 0.0976 e. The summed E-state index contributed by atoms with van der Waals surface area (Å²) in [7, 11) is 0. The maximum Gasteiger partial charge on any atom is 0.0976 e. The van der Waals surface area contributed by atoms with Gasteiger partial charge < -0.3 is 5.11 Å². The van der Waals surface area contributed by atoms with Gasteiger partial charge in [-0.05, 0) is 42.9 Å². The number of nitriles is 1. The molecule has 1 aromatic carbocycles. The first-order valence-electron chi connectivity index (χ1n) is 6.46. The van der Waals surface area contributed by atoms with Crippen LogP contribution < -0.4 is 0 Å². The van der Waals surface area contributed by atoms with Crippen LogP contribution in [-0.4, -0.2) is 5.11 Å². The molecule has 0 spiro atoms. The van der Waals surface area contributed by atoms with Crippen LogP contribution >= 0.6 is 11.6 Å². The number of benzene rings is 1. The second-order valence-electron chi connectivity index (χ2n) is 5.24. The minimum Gasteiger partial charge on any atom is -0.387 e. The van der Waals surface area contributed by atoms with Gasteiger partial charge in [0.05, 0.1) is 17.6 Å². The predicted octanol–water partition coefficient (Wildman–Crippen LogP) is 4.09. The van der Waals surface area contributed by atoms with Gasteiger partial charge in [0.25, 0.3) is 0 Å². The van der Waals surface area contributed by atoms with Crippen molar-refractivity contribution >= 4 is 11.6 Å². The molecule has 0 aromatic heterocycles. The van der Waals surface area contributed by atoms with Gasteiger partial charge >= 0.3 is 0 Å². The van der Waals surface area contributed by atoms with Gasteiger partial charge in [0.1, 0.15) is 0 Å². The number of hydrogen-bond donors (Lipinski definition) is 1. The van der Waals surface area contributed by atoms with E-state index in [9.17, 15) is 10.4 Å². The molecule has 0 radical (unpaired) electrons. The quantitative estimate of drug-likeness (QED) is 0.892. The van der Waals surface area contributed by atoms with Crippen molar-refractivity contribution in [3.63, 3.8) is 0 Å². The van der Waals surface area contributed by atoms with Crippen LogP contribution in [0.2, 0.25) is 5.02 Å². The lowest BCUT2D eigenvalue weighted by atomic mass is 9.78. The van der Waals surface area contributed by atoms with E-state index < -0.39 is 11.5 Å². The van der Waals surface area contributed by atoms with Crippen molar-refractivity contribution in [3.8, 4) is 6.07 Å². The molecule has 0 bridgehead atoms. The van der Waals surface area contributed by atoms with Crippen molar-refractivity contribution in [2.24, 2.45) is 11.3 Å². The lowest BCUT2D eigenvalue weighted by molar-refractivity contribution is 0.0641. The molecule has 1 saturated carbocycles.